The summed E-state index contributed by atoms with van der Waals surface area (Å²) >= 11 is 2.47. The number of hydrogen-bond acceptors (Lipinski definition) is 4. The molecule has 0 bridgehead atoms. The molecule has 0 atom stereocenters. The lowest BCUT2D eigenvalue weighted by Crippen LogP contribution is -2.23. The maximum atomic E-state index is 12.1. The number of rotatable bonds is 5. The maximum absolute atomic E-state index is 12.1. The molecular formula is C13H9F3O2S2. The smallest absolute Gasteiger partial charge is 0.290 e. The Kier molecular flexibility index (Phi) is 4.39. The molecule has 20 heavy (non-hydrogen) atoms. The third-order valence-corrected chi connectivity index (χ3v) is 4.48. The van der Waals surface area contributed by atoms with Crippen LogP contribution < -0.4 is 0 Å². The van der Waals surface area contributed by atoms with E-state index in [1.165, 1.54) is 22.7 Å². The summed E-state index contributed by atoms with van der Waals surface area (Å²) in [5.74, 6) is -1.98. The SMILES string of the molecule is O=C(c1cccs1)c1ccsc1CCC(=O)C(F)(F)F. The molecule has 0 aliphatic heterocycles. The van der Waals surface area contributed by atoms with E-state index in [9.17, 15) is 22.8 Å². The van der Waals surface area contributed by atoms with Crippen molar-refractivity contribution in [2.75, 3.05) is 0 Å². The van der Waals surface area contributed by atoms with Crippen LogP contribution >= 0.6 is 22.7 Å². The summed E-state index contributed by atoms with van der Waals surface area (Å²) in [4.78, 5) is 24.1. The van der Waals surface area contributed by atoms with Crippen molar-refractivity contribution in [2.45, 2.75) is 19.0 Å². The molecular weight excluding hydrogens is 309 g/mol. The summed E-state index contributed by atoms with van der Waals surface area (Å²) < 4.78 is 36.4. The fourth-order valence-corrected chi connectivity index (χ4v) is 3.20. The highest BCUT2D eigenvalue weighted by Crippen LogP contribution is 2.25. The van der Waals surface area contributed by atoms with Crippen LogP contribution in [-0.4, -0.2) is 17.7 Å². The van der Waals surface area contributed by atoms with Crippen molar-refractivity contribution >= 4 is 34.2 Å². The molecule has 2 rings (SSSR count). The van der Waals surface area contributed by atoms with Crippen molar-refractivity contribution in [1.82, 2.24) is 0 Å². The van der Waals surface area contributed by atoms with E-state index >= 15 is 0 Å². The van der Waals surface area contributed by atoms with Gasteiger partial charge in [0.2, 0.25) is 11.6 Å². The fourth-order valence-electron chi connectivity index (χ4n) is 1.65. The van der Waals surface area contributed by atoms with E-state index in [1.807, 2.05) is 0 Å². The molecule has 0 radical (unpaired) electrons. The Morgan fingerprint density at radius 3 is 2.45 bits per heavy atom. The molecule has 0 unspecified atom stereocenters. The fraction of sp³-hybridized carbons (Fsp3) is 0.231. The Labute approximate surface area is 120 Å². The number of Topliss-reactive ketones (excluding diaryl/α,β-unsaturated/α-hetero) is 1. The molecule has 2 heterocycles. The number of carbonyl (C=O) groups is 2. The zero-order valence-electron chi connectivity index (χ0n) is 10.1. The van der Waals surface area contributed by atoms with Gasteiger partial charge in [0.25, 0.3) is 0 Å². The van der Waals surface area contributed by atoms with Crippen LogP contribution in [0.15, 0.2) is 29.0 Å². The first-order valence-corrected chi connectivity index (χ1v) is 7.40. The quantitative estimate of drug-likeness (QED) is 0.778. The number of hydrogen-bond donors (Lipinski definition) is 0. The molecule has 7 heteroatoms. The average molecular weight is 318 g/mol. The van der Waals surface area contributed by atoms with Crippen molar-refractivity contribution in [2.24, 2.45) is 0 Å². The molecule has 2 nitrogen and oxygen atoms in total. The van der Waals surface area contributed by atoms with Gasteiger partial charge in [-0.05, 0) is 29.3 Å². The van der Waals surface area contributed by atoms with Gasteiger partial charge in [-0.1, -0.05) is 6.07 Å². The summed E-state index contributed by atoms with van der Waals surface area (Å²) in [6, 6.07) is 4.98. The molecule has 0 fully saturated rings. The zero-order valence-corrected chi connectivity index (χ0v) is 11.7. The Bertz CT molecular complexity index is 612. The standard InChI is InChI=1S/C13H9F3O2S2/c14-13(15,16)11(17)4-3-9-8(5-7-20-9)12(18)10-2-1-6-19-10/h1-2,5-7H,3-4H2. The van der Waals surface area contributed by atoms with Gasteiger partial charge >= 0.3 is 6.18 Å². The summed E-state index contributed by atoms with van der Waals surface area (Å²) in [6.07, 6.45) is -5.51. The highest BCUT2D eigenvalue weighted by Gasteiger charge is 2.37. The van der Waals surface area contributed by atoms with Gasteiger partial charge in [-0.3, -0.25) is 9.59 Å². The lowest BCUT2D eigenvalue weighted by atomic mass is 10.1. The Balaban J connectivity index is 2.10. The summed E-state index contributed by atoms with van der Waals surface area (Å²) in [5.41, 5.74) is 0.382. The normalized spacial score (nSPS) is 11.6. The summed E-state index contributed by atoms with van der Waals surface area (Å²) in [7, 11) is 0. The number of ketones is 2. The topological polar surface area (TPSA) is 34.1 Å². The molecule has 2 aromatic heterocycles. The van der Waals surface area contributed by atoms with Gasteiger partial charge in [0.15, 0.2) is 0 Å². The van der Waals surface area contributed by atoms with Gasteiger partial charge in [0, 0.05) is 16.9 Å². The largest absolute Gasteiger partial charge is 0.449 e. The first kappa shape index (κ1) is 14.9. The van der Waals surface area contributed by atoms with Gasteiger partial charge in [0.05, 0.1) is 4.88 Å². The van der Waals surface area contributed by atoms with Gasteiger partial charge < -0.3 is 0 Å². The molecule has 0 spiro atoms. The summed E-state index contributed by atoms with van der Waals surface area (Å²) in [6.45, 7) is 0. The van der Waals surface area contributed by atoms with Gasteiger partial charge in [-0.25, -0.2) is 0 Å². The molecule has 106 valence electrons. The van der Waals surface area contributed by atoms with Crippen LogP contribution in [0.3, 0.4) is 0 Å². The van der Waals surface area contributed by atoms with Gasteiger partial charge in [-0.15, -0.1) is 22.7 Å². The van der Waals surface area contributed by atoms with Crippen molar-refractivity contribution in [3.63, 3.8) is 0 Å². The van der Waals surface area contributed by atoms with Crippen LogP contribution in [-0.2, 0) is 11.2 Å². The first-order valence-electron chi connectivity index (χ1n) is 5.64. The second-order valence-electron chi connectivity index (χ2n) is 3.98. The third-order valence-electron chi connectivity index (χ3n) is 2.63. The molecule has 2 aromatic rings. The lowest BCUT2D eigenvalue weighted by Gasteiger charge is -2.05. The van der Waals surface area contributed by atoms with Crippen molar-refractivity contribution in [1.29, 1.82) is 0 Å². The second kappa shape index (κ2) is 5.88. The lowest BCUT2D eigenvalue weighted by molar-refractivity contribution is -0.170. The van der Waals surface area contributed by atoms with E-state index < -0.39 is 18.4 Å². The number of alkyl halides is 3. The number of halogens is 3. The molecule has 0 saturated heterocycles. The highest BCUT2D eigenvalue weighted by atomic mass is 32.1. The van der Waals surface area contributed by atoms with E-state index in [0.717, 1.165) is 0 Å². The van der Waals surface area contributed by atoms with Gasteiger partial charge in [0.1, 0.15) is 0 Å². The molecule has 0 aromatic carbocycles. The Morgan fingerprint density at radius 1 is 1.10 bits per heavy atom. The van der Waals surface area contributed by atoms with Crippen LogP contribution in [0.5, 0.6) is 0 Å². The number of thiophene rings is 2. The molecule has 0 aliphatic carbocycles. The number of aryl methyl sites for hydroxylation is 1. The Hall–Kier alpha value is -1.47. The molecule has 0 amide bonds. The minimum Gasteiger partial charge on any atom is -0.290 e. The van der Waals surface area contributed by atoms with Crippen molar-refractivity contribution in [3.8, 4) is 0 Å². The predicted octanol–water partition coefficient (Wildman–Crippen LogP) is 4.10. The molecule has 0 saturated carbocycles. The minimum atomic E-state index is -4.81. The van der Waals surface area contributed by atoms with Crippen LogP contribution in [0.2, 0.25) is 0 Å². The van der Waals surface area contributed by atoms with Gasteiger partial charge in [-0.2, -0.15) is 13.2 Å². The summed E-state index contributed by atoms with van der Waals surface area (Å²) in [5, 5.41) is 3.40. The number of carbonyl (C=O) groups excluding carboxylic acids is 2. The van der Waals surface area contributed by atoms with E-state index in [0.29, 0.717) is 15.3 Å². The Morgan fingerprint density at radius 2 is 1.85 bits per heavy atom. The predicted molar refractivity (Wildman–Crippen MR) is 71.5 cm³/mol. The van der Waals surface area contributed by atoms with Crippen LogP contribution in [0.25, 0.3) is 0 Å². The average Bonchev–Trinajstić information content (AvgIpc) is 3.04. The molecule has 0 aliphatic rings. The third kappa shape index (κ3) is 3.34. The van der Waals surface area contributed by atoms with E-state index in [2.05, 4.69) is 0 Å². The second-order valence-corrected chi connectivity index (χ2v) is 5.93. The first-order chi connectivity index (χ1) is 9.39. The van der Waals surface area contributed by atoms with E-state index in [1.54, 1.807) is 29.0 Å². The molecule has 0 N–H and O–H groups in total. The monoisotopic (exact) mass is 318 g/mol. The van der Waals surface area contributed by atoms with Crippen LogP contribution in [0.1, 0.15) is 26.5 Å². The van der Waals surface area contributed by atoms with Crippen molar-refractivity contribution < 1.29 is 22.8 Å². The van der Waals surface area contributed by atoms with Crippen LogP contribution in [0.4, 0.5) is 13.2 Å². The van der Waals surface area contributed by atoms with Crippen LogP contribution in [0, 0.1) is 0 Å². The van der Waals surface area contributed by atoms with E-state index in [-0.39, 0.29) is 12.2 Å². The van der Waals surface area contributed by atoms with Crippen molar-refractivity contribution in [3.05, 3.63) is 44.3 Å². The highest BCUT2D eigenvalue weighted by molar-refractivity contribution is 7.13. The minimum absolute atomic E-state index is 0.0670. The maximum Gasteiger partial charge on any atom is 0.449 e. The van der Waals surface area contributed by atoms with E-state index in [4.69, 9.17) is 0 Å². The zero-order chi connectivity index (χ0) is 14.8.